The van der Waals surface area contributed by atoms with Crippen LogP contribution in [0.25, 0.3) is 11.5 Å². The van der Waals surface area contributed by atoms with Crippen molar-refractivity contribution in [1.29, 1.82) is 0 Å². The molecular weight excluding hydrogens is 188 g/mol. The Morgan fingerprint density at radius 3 is 2.85 bits per heavy atom. The molecule has 1 heterocycles. The number of halogens is 1. The molecule has 0 unspecified atom stereocenters. The molecule has 2 N–H and O–H groups in total. The van der Waals surface area contributed by atoms with Gasteiger partial charge >= 0.3 is 0 Å². The van der Waals surface area contributed by atoms with Crippen LogP contribution in [0.5, 0.6) is 0 Å². The van der Waals surface area contributed by atoms with Crippen LogP contribution in [-0.2, 0) is 0 Å². The van der Waals surface area contributed by atoms with Crippen LogP contribution < -0.4 is 5.73 Å². The van der Waals surface area contributed by atoms with E-state index in [0.29, 0.717) is 16.8 Å². The summed E-state index contributed by atoms with van der Waals surface area (Å²) in [6.45, 7) is 0. The number of oxazole rings is 1. The Kier molecular flexibility index (Phi) is 1.94. The lowest BCUT2D eigenvalue weighted by Crippen LogP contribution is -1.77. The molecule has 4 heteroatoms. The minimum atomic E-state index is 0.301. The van der Waals surface area contributed by atoms with Gasteiger partial charge in [-0.2, -0.15) is 0 Å². The zero-order valence-corrected chi connectivity index (χ0v) is 7.45. The summed E-state index contributed by atoms with van der Waals surface area (Å²) in [5.41, 5.74) is 6.22. The molecule has 0 fully saturated rings. The van der Waals surface area contributed by atoms with Crippen molar-refractivity contribution in [2.75, 3.05) is 5.73 Å². The summed E-state index contributed by atoms with van der Waals surface area (Å²) in [5.74, 6) is 0.787. The van der Waals surface area contributed by atoms with E-state index in [1.54, 1.807) is 12.1 Å². The number of aromatic nitrogens is 1. The smallest absolute Gasteiger partial charge is 0.228 e. The first-order valence-electron chi connectivity index (χ1n) is 3.73. The molecule has 2 aromatic rings. The molecule has 0 amide bonds. The minimum absolute atomic E-state index is 0.301. The van der Waals surface area contributed by atoms with Crippen molar-refractivity contribution in [1.82, 2.24) is 4.98 Å². The van der Waals surface area contributed by atoms with Crippen molar-refractivity contribution in [2.24, 2.45) is 0 Å². The fraction of sp³-hybridized carbons (Fsp3) is 0. The van der Waals surface area contributed by atoms with E-state index in [1.165, 1.54) is 6.20 Å². The molecule has 1 aromatic heterocycles. The Morgan fingerprint density at radius 2 is 2.23 bits per heavy atom. The number of benzene rings is 1. The molecule has 0 atom stereocenters. The summed E-state index contributed by atoms with van der Waals surface area (Å²) >= 11 is 5.80. The Bertz CT molecular complexity index is 425. The summed E-state index contributed by atoms with van der Waals surface area (Å²) < 4.78 is 5.13. The highest BCUT2D eigenvalue weighted by Crippen LogP contribution is 2.22. The van der Waals surface area contributed by atoms with Crippen LogP contribution in [0, 0.1) is 0 Å². The summed E-state index contributed by atoms with van der Waals surface area (Å²) in [6, 6.07) is 7.25. The second-order valence-electron chi connectivity index (χ2n) is 2.58. The number of nitrogens with zero attached hydrogens (tertiary/aromatic N) is 1. The van der Waals surface area contributed by atoms with E-state index in [1.807, 2.05) is 12.1 Å². The molecule has 0 aliphatic carbocycles. The topological polar surface area (TPSA) is 52.0 Å². The highest BCUT2D eigenvalue weighted by atomic mass is 35.5. The SMILES string of the molecule is Nc1cnc(-c2cccc(Cl)c2)o1. The van der Waals surface area contributed by atoms with Gasteiger partial charge in [-0.05, 0) is 18.2 Å². The van der Waals surface area contributed by atoms with Crippen molar-refractivity contribution in [2.45, 2.75) is 0 Å². The fourth-order valence-electron chi connectivity index (χ4n) is 1.04. The molecule has 0 radical (unpaired) electrons. The van der Waals surface area contributed by atoms with Gasteiger partial charge < -0.3 is 10.2 Å². The molecule has 66 valence electrons. The molecule has 0 aliphatic heterocycles. The first kappa shape index (κ1) is 8.13. The summed E-state index contributed by atoms with van der Waals surface area (Å²) in [7, 11) is 0. The van der Waals surface area contributed by atoms with Gasteiger partial charge in [0.2, 0.25) is 11.8 Å². The zero-order valence-electron chi connectivity index (χ0n) is 6.70. The third-order valence-electron chi connectivity index (χ3n) is 1.60. The van der Waals surface area contributed by atoms with Crippen molar-refractivity contribution < 1.29 is 4.42 Å². The summed E-state index contributed by atoms with van der Waals surface area (Å²) in [5, 5.41) is 0.647. The monoisotopic (exact) mass is 194 g/mol. The van der Waals surface area contributed by atoms with E-state index in [9.17, 15) is 0 Å². The molecule has 0 spiro atoms. The number of anilines is 1. The number of hydrogen-bond donors (Lipinski definition) is 1. The Morgan fingerprint density at radius 1 is 1.38 bits per heavy atom. The maximum atomic E-state index is 5.80. The second kappa shape index (κ2) is 3.11. The van der Waals surface area contributed by atoms with Gasteiger partial charge in [-0.3, -0.25) is 0 Å². The van der Waals surface area contributed by atoms with Crippen LogP contribution in [0.2, 0.25) is 5.02 Å². The standard InChI is InChI=1S/C9H7ClN2O/c10-7-3-1-2-6(4-7)9-12-5-8(11)13-9/h1-5H,11H2. The minimum Gasteiger partial charge on any atom is -0.421 e. The lowest BCUT2D eigenvalue weighted by molar-refractivity contribution is 0.594. The first-order valence-corrected chi connectivity index (χ1v) is 4.11. The lowest BCUT2D eigenvalue weighted by atomic mass is 10.2. The van der Waals surface area contributed by atoms with Gasteiger partial charge in [0.05, 0.1) is 6.20 Å². The molecule has 3 nitrogen and oxygen atoms in total. The predicted octanol–water partition coefficient (Wildman–Crippen LogP) is 2.58. The van der Waals surface area contributed by atoms with Gasteiger partial charge in [-0.15, -0.1) is 0 Å². The average molecular weight is 195 g/mol. The van der Waals surface area contributed by atoms with Crippen molar-refractivity contribution >= 4 is 17.5 Å². The maximum Gasteiger partial charge on any atom is 0.228 e. The second-order valence-corrected chi connectivity index (χ2v) is 3.01. The third kappa shape index (κ3) is 1.65. The zero-order chi connectivity index (χ0) is 9.26. The van der Waals surface area contributed by atoms with E-state index in [4.69, 9.17) is 21.8 Å². The van der Waals surface area contributed by atoms with E-state index in [0.717, 1.165) is 5.56 Å². The maximum absolute atomic E-state index is 5.80. The molecule has 2 rings (SSSR count). The van der Waals surface area contributed by atoms with Crippen LogP contribution in [0.4, 0.5) is 5.88 Å². The largest absolute Gasteiger partial charge is 0.421 e. The molecule has 13 heavy (non-hydrogen) atoms. The average Bonchev–Trinajstić information content (AvgIpc) is 2.52. The number of nitrogens with two attached hydrogens (primary N) is 1. The molecule has 0 bridgehead atoms. The number of nitrogen functional groups attached to an aromatic ring is 1. The number of hydrogen-bond acceptors (Lipinski definition) is 3. The van der Waals surface area contributed by atoms with E-state index in [-0.39, 0.29) is 0 Å². The van der Waals surface area contributed by atoms with Gasteiger partial charge in [0.25, 0.3) is 0 Å². The van der Waals surface area contributed by atoms with Gasteiger partial charge in [0, 0.05) is 10.6 Å². The quantitative estimate of drug-likeness (QED) is 0.759. The third-order valence-corrected chi connectivity index (χ3v) is 1.83. The molecule has 0 aliphatic rings. The van der Waals surface area contributed by atoms with Crippen molar-refractivity contribution in [3.8, 4) is 11.5 Å². The van der Waals surface area contributed by atoms with Crippen LogP contribution in [0.1, 0.15) is 0 Å². The van der Waals surface area contributed by atoms with E-state index >= 15 is 0 Å². The summed E-state index contributed by atoms with van der Waals surface area (Å²) in [4.78, 5) is 3.98. The van der Waals surface area contributed by atoms with E-state index < -0.39 is 0 Å². The molecule has 0 saturated carbocycles. The van der Waals surface area contributed by atoms with E-state index in [2.05, 4.69) is 4.98 Å². The highest BCUT2D eigenvalue weighted by molar-refractivity contribution is 6.30. The molecule has 0 saturated heterocycles. The van der Waals surface area contributed by atoms with Gasteiger partial charge in [-0.25, -0.2) is 4.98 Å². The van der Waals surface area contributed by atoms with Crippen LogP contribution in [-0.4, -0.2) is 4.98 Å². The molecule has 1 aromatic carbocycles. The Balaban J connectivity index is 2.46. The van der Waals surface area contributed by atoms with Crippen LogP contribution in [0.15, 0.2) is 34.9 Å². The molecular formula is C9H7ClN2O. The fourth-order valence-corrected chi connectivity index (χ4v) is 1.23. The van der Waals surface area contributed by atoms with Crippen LogP contribution in [0.3, 0.4) is 0 Å². The van der Waals surface area contributed by atoms with Crippen LogP contribution >= 0.6 is 11.6 Å². The Labute approximate surface area is 80.1 Å². The van der Waals surface area contributed by atoms with Gasteiger partial charge in [0.1, 0.15) is 0 Å². The number of rotatable bonds is 1. The van der Waals surface area contributed by atoms with Crippen molar-refractivity contribution in [3.63, 3.8) is 0 Å². The van der Waals surface area contributed by atoms with Gasteiger partial charge in [0.15, 0.2) is 0 Å². The highest BCUT2D eigenvalue weighted by Gasteiger charge is 2.03. The van der Waals surface area contributed by atoms with Gasteiger partial charge in [-0.1, -0.05) is 17.7 Å². The summed E-state index contributed by atoms with van der Waals surface area (Å²) in [6.07, 6.45) is 1.47. The van der Waals surface area contributed by atoms with Crippen molar-refractivity contribution in [3.05, 3.63) is 35.5 Å². The Hall–Kier alpha value is -1.48. The normalized spacial score (nSPS) is 10.2. The lowest BCUT2D eigenvalue weighted by Gasteiger charge is -1.94. The predicted molar refractivity (Wildman–Crippen MR) is 51.4 cm³/mol. The first-order chi connectivity index (χ1) is 6.25.